The summed E-state index contributed by atoms with van der Waals surface area (Å²) in [4.78, 5) is 22.4. The quantitative estimate of drug-likeness (QED) is 0.712. The number of aromatic nitrogens is 2. The second kappa shape index (κ2) is 2.94. The lowest BCUT2D eigenvalue weighted by Gasteiger charge is -2.14. The Hall–Kier alpha value is -1.65. The smallest absolute Gasteiger partial charge is 0.276 e. The summed E-state index contributed by atoms with van der Waals surface area (Å²) in [7, 11) is 0. The van der Waals surface area contributed by atoms with Crippen molar-refractivity contribution in [3.8, 4) is 0 Å². The van der Waals surface area contributed by atoms with Crippen molar-refractivity contribution in [1.82, 2.24) is 15.1 Å². The van der Waals surface area contributed by atoms with Gasteiger partial charge in [0.05, 0.1) is 18.3 Å². The van der Waals surface area contributed by atoms with Crippen molar-refractivity contribution in [2.45, 2.75) is 26.2 Å². The van der Waals surface area contributed by atoms with Crippen LogP contribution < -0.4 is 5.32 Å². The zero-order valence-corrected chi connectivity index (χ0v) is 8.07. The predicted molar refractivity (Wildman–Crippen MR) is 49.0 cm³/mol. The van der Waals surface area contributed by atoms with Gasteiger partial charge in [-0.15, -0.1) is 0 Å². The summed E-state index contributed by atoms with van der Waals surface area (Å²) >= 11 is 0. The Morgan fingerprint density at radius 3 is 2.86 bits per heavy atom. The molecule has 14 heavy (non-hydrogen) atoms. The monoisotopic (exact) mass is 193 g/mol. The fourth-order valence-corrected chi connectivity index (χ4v) is 1.59. The molecular formula is C9H11N3O2. The average molecular weight is 193 g/mol. The Morgan fingerprint density at radius 1 is 1.50 bits per heavy atom. The van der Waals surface area contributed by atoms with E-state index >= 15 is 0 Å². The summed E-state index contributed by atoms with van der Waals surface area (Å²) in [6, 6.07) is -0.455. The summed E-state index contributed by atoms with van der Waals surface area (Å²) in [5, 5.41) is 6.16. The third-order valence-corrected chi connectivity index (χ3v) is 2.29. The number of rotatable bonds is 1. The second-order valence-electron chi connectivity index (χ2n) is 3.64. The normalized spacial score (nSPS) is 15.6. The molecule has 0 bridgehead atoms. The topological polar surface area (TPSA) is 64.0 Å². The van der Waals surface area contributed by atoms with Crippen LogP contribution in [0.1, 0.15) is 31.0 Å². The maximum absolute atomic E-state index is 11.3. The van der Waals surface area contributed by atoms with Gasteiger partial charge in [-0.2, -0.15) is 9.78 Å². The molecule has 1 aromatic rings. The number of imide groups is 1. The van der Waals surface area contributed by atoms with Gasteiger partial charge in [-0.3, -0.25) is 10.1 Å². The Morgan fingerprint density at radius 2 is 2.21 bits per heavy atom. The first-order valence-corrected chi connectivity index (χ1v) is 4.50. The minimum atomic E-state index is -0.455. The van der Waals surface area contributed by atoms with Gasteiger partial charge >= 0.3 is 6.03 Å². The zero-order chi connectivity index (χ0) is 10.3. The largest absolute Gasteiger partial charge is 0.348 e. The molecule has 0 atom stereocenters. The Kier molecular flexibility index (Phi) is 1.87. The molecule has 0 fully saturated rings. The van der Waals surface area contributed by atoms with Crippen molar-refractivity contribution in [2.75, 3.05) is 0 Å². The van der Waals surface area contributed by atoms with E-state index in [9.17, 15) is 9.59 Å². The number of hydrogen-bond acceptors (Lipinski definition) is 3. The number of nitrogens with one attached hydrogen (secondary N) is 1. The van der Waals surface area contributed by atoms with Crippen LogP contribution in [0.15, 0.2) is 6.20 Å². The molecule has 1 aliphatic heterocycles. The van der Waals surface area contributed by atoms with Gasteiger partial charge in [0.15, 0.2) is 0 Å². The first-order chi connectivity index (χ1) is 6.59. The molecule has 5 nitrogen and oxygen atoms in total. The van der Waals surface area contributed by atoms with Gasteiger partial charge in [-0.1, -0.05) is 13.8 Å². The van der Waals surface area contributed by atoms with Gasteiger partial charge in [-0.25, -0.2) is 4.79 Å². The molecule has 0 saturated heterocycles. The summed E-state index contributed by atoms with van der Waals surface area (Å²) in [5.74, 6) is 0.0161. The SMILES string of the molecule is CC(C)c1cnn2c1CC(=O)NC2=O. The standard InChI is InChI=1S/C9H11N3O2/c1-5(2)6-4-10-12-7(6)3-8(13)11-9(12)14/h4-5H,3H2,1-2H3,(H,11,13,14). The number of nitrogens with zero attached hydrogens (tertiary/aromatic N) is 2. The molecule has 2 heterocycles. The molecule has 2 amide bonds. The summed E-state index contributed by atoms with van der Waals surface area (Å²) < 4.78 is 1.26. The highest BCUT2D eigenvalue weighted by molar-refractivity contribution is 5.99. The van der Waals surface area contributed by atoms with E-state index in [4.69, 9.17) is 0 Å². The molecule has 1 N–H and O–H groups in total. The fourth-order valence-electron chi connectivity index (χ4n) is 1.59. The van der Waals surface area contributed by atoms with Crippen LogP contribution in [0.2, 0.25) is 0 Å². The van der Waals surface area contributed by atoms with Crippen molar-refractivity contribution in [3.63, 3.8) is 0 Å². The number of fused-ring (bicyclic) bond motifs is 1. The fraction of sp³-hybridized carbons (Fsp3) is 0.444. The van der Waals surface area contributed by atoms with Crippen LogP contribution in [-0.2, 0) is 11.2 Å². The van der Waals surface area contributed by atoms with Gasteiger partial charge in [-0.05, 0) is 11.5 Å². The molecule has 0 aromatic carbocycles. The minimum Gasteiger partial charge on any atom is -0.276 e. The highest BCUT2D eigenvalue weighted by Gasteiger charge is 2.26. The first-order valence-electron chi connectivity index (χ1n) is 4.50. The van der Waals surface area contributed by atoms with Crippen molar-refractivity contribution in [2.24, 2.45) is 0 Å². The number of amides is 2. The minimum absolute atomic E-state index is 0.235. The highest BCUT2D eigenvalue weighted by atomic mass is 16.2. The van der Waals surface area contributed by atoms with Gasteiger partial charge < -0.3 is 0 Å². The zero-order valence-electron chi connectivity index (χ0n) is 8.07. The molecule has 0 radical (unpaired) electrons. The Balaban J connectivity index is 2.51. The molecule has 0 unspecified atom stereocenters. The Bertz CT molecular complexity index is 406. The lowest BCUT2D eigenvalue weighted by molar-refractivity contribution is -0.119. The van der Waals surface area contributed by atoms with E-state index in [-0.39, 0.29) is 18.2 Å². The molecule has 1 aliphatic rings. The summed E-state index contributed by atoms with van der Waals surface area (Å²) in [6.07, 6.45) is 1.89. The molecule has 0 aliphatic carbocycles. The van der Waals surface area contributed by atoms with E-state index in [1.54, 1.807) is 6.20 Å². The van der Waals surface area contributed by atoms with Crippen LogP contribution in [0, 0.1) is 0 Å². The third kappa shape index (κ3) is 1.21. The van der Waals surface area contributed by atoms with Crippen LogP contribution in [0.4, 0.5) is 4.79 Å². The predicted octanol–water partition coefficient (Wildman–Crippen LogP) is 0.647. The van der Waals surface area contributed by atoms with Crippen molar-refractivity contribution in [1.29, 1.82) is 0 Å². The maximum Gasteiger partial charge on any atom is 0.348 e. The van der Waals surface area contributed by atoms with Crippen LogP contribution in [-0.4, -0.2) is 21.7 Å². The van der Waals surface area contributed by atoms with E-state index in [1.807, 2.05) is 13.8 Å². The highest BCUT2D eigenvalue weighted by Crippen LogP contribution is 2.20. The summed E-state index contributed by atoms with van der Waals surface area (Å²) in [6.45, 7) is 4.02. The number of hydrogen-bond donors (Lipinski definition) is 1. The van der Waals surface area contributed by atoms with E-state index in [0.29, 0.717) is 5.69 Å². The van der Waals surface area contributed by atoms with Crippen molar-refractivity contribution in [3.05, 3.63) is 17.5 Å². The van der Waals surface area contributed by atoms with Crippen LogP contribution in [0.3, 0.4) is 0 Å². The van der Waals surface area contributed by atoms with Gasteiger partial charge in [0.2, 0.25) is 5.91 Å². The molecule has 2 rings (SSSR count). The van der Waals surface area contributed by atoms with Gasteiger partial charge in [0.25, 0.3) is 0 Å². The average Bonchev–Trinajstić information content (AvgIpc) is 2.47. The molecule has 0 saturated carbocycles. The molecule has 74 valence electrons. The van der Waals surface area contributed by atoms with Crippen LogP contribution in [0.5, 0.6) is 0 Å². The van der Waals surface area contributed by atoms with E-state index in [2.05, 4.69) is 10.4 Å². The van der Waals surface area contributed by atoms with E-state index in [0.717, 1.165) is 5.56 Å². The van der Waals surface area contributed by atoms with E-state index in [1.165, 1.54) is 4.68 Å². The maximum atomic E-state index is 11.3. The Labute approximate surface area is 81.1 Å². The number of carbonyl (C=O) groups excluding carboxylic acids is 2. The van der Waals surface area contributed by atoms with Gasteiger partial charge in [0, 0.05) is 0 Å². The lowest BCUT2D eigenvalue weighted by atomic mass is 10.0. The first kappa shape index (κ1) is 8.93. The molecule has 0 spiro atoms. The van der Waals surface area contributed by atoms with E-state index < -0.39 is 6.03 Å². The number of carbonyl (C=O) groups is 2. The third-order valence-electron chi connectivity index (χ3n) is 2.29. The molecular weight excluding hydrogens is 182 g/mol. The van der Waals surface area contributed by atoms with Crippen molar-refractivity contribution >= 4 is 11.9 Å². The second-order valence-corrected chi connectivity index (χ2v) is 3.64. The molecule has 5 heteroatoms. The lowest BCUT2D eigenvalue weighted by Crippen LogP contribution is -2.42. The van der Waals surface area contributed by atoms with Crippen molar-refractivity contribution < 1.29 is 9.59 Å². The van der Waals surface area contributed by atoms with Crippen LogP contribution in [0.25, 0.3) is 0 Å². The summed E-state index contributed by atoms with van der Waals surface area (Å²) in [5.41, 5.74) is 1.68. The molecule has 1 aromatic heterocycles. The van der Waals surface area contributed by atoms with Gasteiger partial charge in [0.1, 0.15) is 0 Å². The van der Waals surface area contributed by atoms with Crippen LogP contribution >= 0.6 is 0 Å².